The Balaban J connectivity index is -0.000000130. The monoisotopic (exact) mass is 765 g/mol. The summed E-state index contributed by atoms with van der Waals surface area (Å²) in [6.45, 7) is 59.8. The Morgan fingerprint density at radius 3 is 0.811 bits per heavy atom. The average molecular weight is 765 g/mol. The van der Waals surface area contributed by atoms with Crippen LogP contribution in [0.4, 0.5) is 0 Å². The van der Waals surface area contributed by atoms with Gasteiger partial charge in [-0.05, 0) is 174 Å². The fraction of sp³-hybridized carbons (Fsp3) is 1.00. The second-order valence-corrected chi connectivity index (χ2v) is 20.6. The fourth-order valence-electron chi connectivity index (χ4n) is 4.80. The zero-order valence-corrected chi connectivity index (χ0v) is 41.4. The fourth-order valence-corrected chi connectivity index (χ4v) is 4.80. The number of rotatable bonds is 14. The maximum atomic E-state index is 5.90. The molecule has 330 valence electrons. The normalized spacial score (nSPS) is 14.7. The van der Waals surface area contributed by atoms with Crippen LogP contribution in [-0.2, 0) is 23.7 Å². The largest absolute Gasteiger partial charge is 0.373 e. The van der Waals surface area contributed by atoms with Crippen molar-refractivity contribution >= 4 is 0 Å². The van der Waals surface area contributed by atoms with Crippen molar-refractivity contribution in [3.8, 4) is 0 Å². The van der Waals surface area contributed by atoms with Crippen LogP contribution in [0.5, 0.6) is 0 Å². The first-order valence-corrected chi connectivity index (χ1v) is 21.4. The molecule has 5 heteroatoms. The zero-order chi connectivity index (χ0) is 42.9. The quantitative estimate of drug-likeness (QED) is 0.176. The zero-order valence-electron chi connectivity index (χ0n) is 41.4. The molecule has 0 aromatic rings. The van der Waals surface area contributed by atoms with E-state index in [9.17, 15) is 0 Å². The van der Waals surface area contributed by atoms with Gasteiger partial charge in [0.15, 0.2) is 0 Å². The van der Waals surface area contributed by atoms with Gasteiger partial charge in [-0.2, -0.15) is 0 Å². The van der Waals surface area contributed by atoms with Crippen molar-refractivity contribution < 1.29 is 23.7 Å². The lowest BCUT2D eigenvalue weighted by Crippen LogP contribution is -2.30. The van der Waals surface area contributed by atoms with Gasteiger partial charge >= 0.3 is 0 Å². The van der Waals surface area contributed by atoms with E-state index in [1.54, 1.807) is 0 Å². The average Bonchev–Trinajstić information content (AvgIpc) is 2.91. The third-order valence-corrected chi connectivity index (χ3v) is 7.40. The van der Waals surface area contributed by atoms with Crippen molar-refractivity contribution in [1.82, 2.24) is 0 Å². The molecule has 0 aliphatic carbocycles. The van der Waals surface area contributed by atoms with Gasteiger partial charge in [0.1, 0.15) is 0 Å². The highest BCUT2D eigenvalue weighted by Gasteiger charge is 2.20. The Bertz CT molecular complexity index is 735. The first kappa shape index (κ1) is 64.7. The van der Waals surface area contributed by atoms with Crippen LogP contribution in [-0.4, -0.2) is 58.5 Å². The molecule has 0 fully saturated rings. The van der Waals surface area contributed by atoms with Crippen molar-refractivity contribution in [3.63, 3.8) is 0 Å². The van der Waals surface area contributed by atoms with Gasteiger partial charge in [0, 0.05) is 0 Å². The van der Waals surface area contributed by atoms with E-state index in [1.165, 1.54) is 6.42 Å². The van der Waals surface area contributed by atoms with E-state index in [-0.39, 0.29) is 35.4 Å². The van der Waals surface area contributed by atoms with Gasteiger partial charge in [0.2, 0.25) is 0 Å². The van der Waals surface area contributed by atoms with Crippen LogP contribution in [0.1, 0.15) is 240 Å². The van der Waals surface area contributed by atoms with Crippen LogP contribution in [0.2, 0.25) is 0 Å². The van der Waals surface area contributed by atoms with Crippen LogP contribution in [0.15, 0.2) is 0 Å². The number of hydrogen-bond donors (Lipinski definition) is 0. The van der Waals surface area contributed by atoms with Gasteiger partial charge in [-0.15, -0.1) is 0 Å². The van der Waals surface area contributed by atoms with E-state index < -0.39 is 0 Å². The summed E-state index contributed by atoms with van der Waals surface area (Å²) in [5.41, 5.74) is 0.0658. The predicted molar refractivity (Wildman–Crippen MR) is 242 cm³/mol. The molecule has 0 aliphatic heterocycles. The molecule has 0 radical (unpaired) electrons. The molecule has 0 aliphatic rings. The van der Waals surface area contributed by atoms with E-state index >= 15 is 0 Å². The minimum Gasteiger partial charge on any atom is -0.373 e. The molecule has 4 unspecified atom stereocenters. The third kappa shape index (κ3) is 58.7. The lowest BCUT2D eigenvalue weighted by Gasteiger charge is -2.29. The van der Waals surface area contributed by atoms with E-state index in [4.69, 9.17) is 23.7 Å². The van der Waals surface area contributed by atoms with Crippen molar-refractivity contribution in [2.75, 3.05) is 0 Å². The Labute approximate surface area is 338 Å². The van der Waals surface area contributed by atoms with Gasteiger partial charge in [0.25, 0.3) is 0 Å². The second-order valence-electron chi connectivity index (χ2n) is 20.6. The summed E-state index contributed by atoms with van der Waals surface area (Å²) in [4.78, 5) is 0. The highest BCUT2D eigenvalue weighted by Crippen LogP contribution is 2.20. The standard InChI is InChI=1S/C11H24O.C10H22O.2C9H20O.C8H18O.CH4/c1-7-10(8-9(2)3)12-11(4,5)6;1-7-9(8(2)3)11-10(4,5)6;1-7(2)8(3)10-9(4,5)6;1-6-8(7-2)10-9(3,4)5;1-6-7(2)9-8(3,4)5;/h9-10H,7-8H2,1-6H3;8-9H,7H2,1-6H3;7-8H,1-6H3;8H,6-7H2,1-5H3;7H,6H2,1-5H3;1H4. The van der Waals surface area contributed by atoms with Crippen molar-refractivity contribution in [1.29, 1.82) is 0 Å². The molecule has 0 saturated heterocycles. The molecule has 0 rings (SSSR count). The van der Waals surface area contributed by atoms with Gasteiger partial charge in [0.05, 0.1) is 58.5 Å². The molecule has 0 N–H and O–H groups in total. The molecule has 0 amide bonds. The topological polar surface area (TPSA) is 46.2 Å². The summed E-state index contributed by atoms with van der Waals surface area (Å²) in [5, 5.41) is 0. The molecular weight excluding hydrogens is 657 g/mol. The summed E-state index contributed by atoms with van der Waals surface area (Å²) in [6, 6.07) is 0. The molecule has 4 atom stereocenters. The summed E-state index contributed by atoms with van der Waals surface area (Å²) in [5.74, 6) is 1.97. The molecule has 0 heterocycles. The lowest BCUT2D eigenvalue weighted by atomic mass is 10.0. The first-order valence-electron chi connectivity index (χ1n) is 21.4. The minimum absolute atomic E-state index is 0. The predicted octanol–water partition coefficient (Wildman–Crippen LogP) is 15.9. The van der Waals surface area contributed by atoms with Crippen LogP contribution in [0.25, 0.3) is 0 Å². The van der Waals surface area contributed by atoms with Crippen molar-refractivity contribution in [2.45, 2.75) is 298 Å². The summed E-state index contributed by atoms with van der Waals surface area (Å²) in [7, 11) is 0. The maximum absolute atomic E-state index is 5.90. The van der Waals surface area contributed by atoms with E-state index in [0.717, 1.165) is 38.0 Å². The smallest absolute Gasteiger partial charge is 0.0602 e. The molecule has 0 spiro atoms. The molecule has 0 aromatic heterocycles. The van der Waals surface area contributed by atoms with Crippen LogP contribution in [0.3, 0.4) is 0 Å². The third-order valence-electron chi connectivity index (χ3n) is 7.40. The Morgan fingerprint density at radius 1 is 0.358 bits per heavy atom. The van der Waals surface area contributed by atoms with E-state index in [2.05, 4.69) is 194 Å². The molecule has 5 nitrogen and oxygen atoms in total. The molecule has 0 saturated carbocycles. The van der Waals surface area contributed by atoms with Gasteiger partial charge in [-0.25, -0.2) is 0 Å². The Kier molecular flexibility index (Phi) is 38.9. The Hall–Kier alpha value is -0.200. The van der Waals surface area contributed by atoms with Gasteiger partial charge < -0.3 is 23.7 Å². The second kappa shape index (κ2) is 31.8. The van der Waals surface area contributed by atoms with Crippen LogP contribution >= 0.6 is 0 Å². The van der Waals surface area contributed by atoms with Crippen molar-refractivity contribution in [3.05, 3.63) is 0 Å². The van der Waals surface area contributed by atoms with Gasteiger partial charge in [-0.1, -0.05) is 83.6 Å². The molecule has 0 bridgehead atoms. The summed E-state index contributed by atoms with van der Waals surface area (Å²) >= 11 is 0. The van der Waals surface area contributed by atoms with Crippen LogP contribution in [0, 0.1) is 17.8 Å². The SMILES string of the molecule is C.CC(C)C(C)OC(C)(C)C.CCC(C)OC(C)(C)C.CCC(CC(C)C)OC(C)(C)C.CCC(CC)OC(C)(C)C.CCC(OC(C)(C)C)C(C)C. The van der Waals surface area contributed by atoms with Crippen molar-refractivity contribution in [2.24, 2.45) is 17.8 Å². The highest BCUT2D eigenvalue weighted by molar-refractivity contribution is 4.69. The summed E-state index contributed by atoms with van der Waals surface area (Å²) in [6.07, 6.45) is 8.78. The number of hydrogen-bond acceptors (Lipinski definition) is 5. The van der Waals surface area contributed by atoms with E-state index in [1.807, 2.05) is 0 Å². The minimum atomic E-state index is 0. The van der Waals surface area contributed by atoms with Crippen LogP contribution < -0.4 is 0 Å². The first-order chi connectivity index (χ1) is 23.0. The number of ether oxygens (including phenoxy) is 5. The Morgan fingerprint density at radius 2 is 0.679 bits per heavy atom. The molecular formula is C48H108O5. The highest BCUT2D eigenvalue weighted by atomic mass is 16.5. The molecule has 0 aromatic carbocycles. The summed E-state index contributed by atoms with van der Waals surface area (Å²) < 4.78 is 28.8. The molecule has 53 heavy (non-hydrogen) atoms. The lowest BCUT2D eigenvalue weighted by molar-refractivity contribution is -0.0802. The maximum Gasteiger partial charge on any atom is 0.0602 e. The van der Waals surface area contributed by atoms with E-state index in [0.29, 0.717) is 42.4 Å². The van der Waals surface area contributed by atoms with Gasteiger partial charge in [-0.3, -0.25) is 0 Å².